The summed E-state index contributed by atoms with van der Waals surface area (Å²) in [6, 6.07) is 14.3. The first-order valence-corrected chi connectivity index (χ1v) is 9.17. The van der Waals surface area contributed by atoms with Gasteiger partial charge < -0.3 is 19.9 Å². The zero-order valence-corrected chi connectivity index (χ0v) is 16.1. The van der Waals surface area contributed by atoms with Gasteiger partial charge in [0.2, 0.25) is 0 Å². The van der Waals surface area contributed by atoms with Crippen LogP contribution in [0.1, 0.15) is 17.5 Å². The molecule has 1 saturated heterocycles. The highest BCUT2D eigenvalue weighted by molar-refractivity contribution is 5.96. The van der Waals surface area contributed by atoms with Gasteiger partial charge in [-0.1, -0.05) is 12.1 Å². The molecule has 1 heterocycles. The summed E-state index contributed by atoms with van der Waals surface area (Å²) in [4.78, 5) is 24.9. The van der Waals surface area contributed by atoms with Crippen LogP contribution in [0.3, 0.4) is 0 Å². The van der Waals surface area contributed by atoms with Crippen LogP contribution < -0.4 is 15.4 Å². The molecule has 3 N–H and O–H groups in total. The molecule has 1 aliphatic rings. The Morgan fingerprint density at radius 2 is 1.90 bits per heavy atom. The van der Waals surface area contributed by atoms with Crippen LogP contribution in [0, 0.1) is 5.41 Å². The maximum Gasteiger partial charge on any atom is 0.414 e. The lowest BCUT2D eigenvalue weighted by Gasteiger charge is -2.14. The second-order valence-electron chi connectivity index (χ2n) is 6.61. The minimum absolute atomic E-state index is 0.0249. The molecule has 0 saturated carbocycles. The number of nitrogen functional groups attached to an aromatic ring is 1. The van der Waals surface area contributed by atoms with Crippen LogP contribution in [0.4, 0.5) is 10.5 Å². The number of carbonyl (C=O) groups is 2. The van der Waals surface area contributed by atoms with Crippen molar-refractivity contribution in [2.45, 2.75) is 18.9 Å². The minimum Gasteiger partial charge on any atom is -0.490 e. The number of carbonyl (C=O) groups excluding carboxylic acids is 2. The average Bonchev–Trinajstić information content (AvgIpc) is 3.11. The Labute approximate surface area is 168 Å². The fraction of sp³-hybridized carbons (Fsp3) is 0.286. The smallest absolute Gasteiger partial charge is 0.414 e. The highest BCUT2D eigenvalue weighted by Gasteiger charge is 2.32. The second-order valence-corrected chi connectivity index (χ2v) is 6.61. The van der Waals surface area contributed by atoms with Gasteiger partial charge in [-0.15, -0.1) is 0 Å². The number of cyclic esters (lactones) is 1. The van der Waals surface area contributed by atoms with E-state index in [-0.39, 0.29) is 18.4 Å². The van der Waals surface area contributed by atoms with Crippen molar-refractivity contribution in [3.05, 3.63) is 59.7 Å². The number of benzene rings is 2. The van der Waals surface area contributed by atoms with E-state index >= 15 is 0 Å². The van der Waals surface area contributed by atoms with Crippen molar-refractivity contribution in [3.8, 4) is 5.75 Å². The normalized spacial score (nSPS) is 15.7. The first kappa shape index (κ1) is 20.2. The maximum atomic E-state index is 12.2. The van der Waals surface area contributed by atoms with Crippen molar-refractivity contribution in [2.75, 3.05) is 25.2 Å². The van der Waals surface area contributed by atoms with Crippen molar-refractivity contribution in [1.29, 1.82) is 5.41 Å². The number of rotatable bonds is 8. The van der Waals surface area contributed by atoms with Crippen LogP contribution in [0.2, 0.25) is 0 Å². The first-order chi connectivity index (χ1) is 14.0. The molecular formula is C21H23N3O5. The Balaban J connectivity index is 1.51. The summed E-state index contributed by atoms with van der Waals surface area (Å²) in [6.45, 7) is 0.602. The number of anilines is 1. The Bertz CT molecular complexity index is 880. The average molecular weight is 397 g/mol. The summed E-state index contributed by atoms with van der Waals surface area (Å²) < 4.78 is 15.7. The number of amides is 1. The zero-order valence-electron chi connectivity index (χ0n) is 16.1. The monoisotopic (exact) mass is 397 g/mol. The lowest BCUT2D eigenvalue weighted by molar-refractivity contribution is -0.140. The van der Waals surface area contributed by atoms with Crippen molar-refractivity contribution >= 4 is 23.6 Å². The van der Waals surface area contributed by atoms with Crippen molar-refractivity contribution < 1.29 is 23.8 Å². The summed E-state index contributed by atoms with van der Waals surface area (Å²) in [5.74, 6) is 0.393. The predicted octanol–water partition coefficient (Wildman–Crippen LogP) is 2.48. The molecule has 0 bridgehead atoms. The van der Waals surface area contributed by atoms with Gasteiger partial charge in [0.05, 0.1) is 13.7 Å². The van der Waals surface area contributed by atoms with Crippen LogP contribution in [0.25, 0.3) is 0 Å². The van der Waals surface area contributed by atoms with Crippen LogP contribution >= 0.6 is 0 Å². The van der Waals surface area contributed by atoms with Crippen LogP contribution in [-0.2, 0) is 20.7 Å². The van der Waals surface area contributed by atoms with E-state index in [0.717, 1.165) is 5.56 Å². The zero-order chi connectivity index (χ0) is 20.8. The van der Waals surface area contributed by atoms with E-state index in [0.29, 0.717) is 36.4 Å². The van der Waals surface area contributed by atoms with E-state index in [2.05, 4.69) is 4.74 Å². The van der Waals surface area contributed by atoms with Crippen LogP contribution in [0.15, 0.2) is 48.5 Å². The molecule has 1 fully saturated rings. The number of amidine groups is 1. The third-order valence-corrected chi connectivity index (χ3v) is 4.57. The Kier molecular flexibility index (Phi) is 6.33. The topological polar surface area (TPSA) is 115 Å². The van der Waals surface area contributed by atoms with Gasteiger partial charge in [0.1, 0.15) is 18.2 Å². The molecule has 1 atom stereocenters. The molecule has 8 nitrogen and oxygen atoms in total. The number of nitrogens with zero attached hydrogens (tertiary/aromatic N) is 1. The van der Waals surface area contributed by atoms with E-state index < -0.39 is 12.2 Å². The fourth-order valence-corrected chi connectivity index (χ4v) is 2.93. The third kappa shape index (κ3) is 5.25. The Morgan fingerprint density at radius 3 is 2.52 bits per heavy atom. The molecule has 1 aliphatic heterocycles. The number of ether oxygens (including phenoxy) is 3. The molecule has 3 rings (SSSR count). The molecule has 0 radical (unpaired) electrons. The first-order valence-electron chi connectivity index (χ1n) is 9.17. The van der Waals surface area contributed by atoms with Gasteiger partial charge in [0.25, 0.3) is 0 Å². The van der Waals surface area contributed by atoms with Gasteiger partial charge in [-0.3, -0.25) is 15.1 Å². The summed E-state index contributed by atoms with van der Waals surface area (Å²) in [5, 5.41) is 7.42. The molecular weight excluding hydrogens is 374 g/mol. The van der Waals surface area contributed by atoms with Gasteiger partial charge in [-0.25, -0.2) is 4.79 Å². The number of nitrogens with one attached hydrogen (secondary N) is 1. The molecule has 1 unspecified atom stereocenters. The summed E-state index contributed by atoms with van der Waals surface area (Å²) in [6.07, 6.45) is 0.101. The third-order valence-electron chi connectivity index (χ3n) is 4.57. The summed E-state index contributed by atoms with van der Waals surface area (Å²) in [5.41, 5.74) is 7.73. The number of methoxy groups -OCH3 is 1. The van der Waals surface area contributed by atoms with Crippen molar-refractivity contribution in [2.24, 2.45) is 5.73 Å². The second kappa shape index (κ2) is 9.09. The predicted molar refractivity (Wildman–Crippen MR) is 107 cm³/mol. The van der Waals surface area contributed by atoms with Crippen molar-refractivity contribution in [1.82, 2.24) is 0 Å². The molecule has 2 aromatic rings. The van der Waals surface area contributed by atoms with Gasteiger partial charge in [-0.05, 0) is 48.4 Å². The van der Waals surface area contributed by atoms with E-state index in [1.807, 2.05) is 24.3 Å². The molecule has 2 aromatic carbocycles. The quantitative estimate of drug-likeness (QED) is 0.402. The number of esters is 1. The SMILES string of the molecule is COC(=O)CCc1ccc(OCC2CN(c3ccc(C(=N)N)cc3)C(=O)O2)cc1. The highest BCUT2D eigenvalue weighted by Crippen LogP contribution is 2.23. The molecule has 29 heavy (non-hydrogen) atoms. The molecule has 152 valence electrons. The lowest BCUT2D eigenvalue weighted by Crippen LogP contribution is -2.26. The minimum atomic E-state index is -0.438. The highest BCUT2D eigenvalue weighted by atomic mass is 16.6. The van der Waals surface area contributed by atoms with Crippen LogP contribution in [-0.4, -0.2) is 44.3 Å². The number of aryl methyl sites for hydroxylation is 1. The Hall–Kier alpha value is -3.55. The maximum absolute atomic E-state index is 12.2. The van der Waals surface area contributed by atoms with E-state index in [9.17, 15) is 9.59 Å². The molecule has 0 aliphatic carbocycles. The van der Waals surface area contributed by atoms with Gasteiger partial charge in [0.15, 0.2) is 6.10 Å². The van der Waals surface area contributed by atoms with E-state index in [1.165, 1.54) is 12.0 Å². The largest absolute Gasteiger partial charge is 0.490 e. The number of hydrogen-bond donors (Lipinski definition) is 2. The summed E-state index contributed by atoms with van der Waals surface area (Å²) in [7, 11) is 1.37. The lowest BCUT2D eigenvalue weighted by atomic mass is 10.1. The molecule has 0 spiro atoms. The molecule has 1 amide bonds. The summed E-state index contributed by atoms with van der Waals surface area (Å²) >= 11 is 0. The van der Waals surface area contributed by atoms with Crippen molar-refractivity contribution in [3.63, 3.8) is 0 Å². The van der Waals surface area contributed by atoms with E-state index in [1.54, 1.807) is 24.3 Å². The Morgan fingerprint density at radius 1 is 1.21 bits per heavy atom. The number of nitrogens with two attached hydrogens (primary N) is 1. The molecule has 8 heteroatoms. The van der Waals surface area contributed by atoms with Gasteiger partial charge in [0, 0.05) is 17.7 Å². The standard InChI is InChI=1S/C21H23N3O5/c1-27-19(25)11-4-14-2-9-17(10-3-14)28-13-18-12-24(21(26)29-18)16-7-5-15(6-8-16)20(22)23/h2-3,5-10,18H,4,11-13H2,1H3,(H3,22,23). The van der Waals surface area contributed by atoms with Crippen LogP contribution in [0.5, 0.6) is 5.75 Å². The van der Waals surface area contributed by atoms with Gasteiger partial charge >= 0.3 is 12.1 Å². The van der Waals surface area contributed by atoms with Gasteiger partial charge in [-0.2, -0.15) is 0 Å². The number of hydrogen-bond acceptors (Lipinski definition) is 6. The van der Waals surface area contributed by atoms with E-state index in [4.69, 9.17) is 20.6 Å². The molecule has 0 aromatic heterocycles. The fourth-order valence-electron chi connectivity index (χ4n) is 2.93.